The second-order valence-electron chi connectivity index (χ2n) is 3.06. The Morgan fingerprint density at radius 1 is 1.47 bits per heavy atom. The summed E-state index contributed by atoms with van der Waals surface area (Å²) in [7, 11) is 0. The van der Waals surface area contributed by atoms with Crippen molar-refractivity contribution in [3.05, 3.63) is 41.7 Å². The highest BCUT2D eigenvalue weighted by Gasteiger charge is 2.03. The Morgan fingerprint density at radius 3 is 3.07 bits per heavy atom. The third kappa shape index (κ3) is 2.30. The maximum atomic E-state index is 5.85. The maximum absolute atomic E-state index is 5.85. The predicted molar refractivity (Wildman–Crippen MR) is 59.4 cm³/mol. The zero-order chi connectivity index (χ0) is 10.7. The number of rotatable bonds is 3. The lowest BCUT2D eigenvalue weighted by molar-refractivity contribution is 0.415. The van der Waals surface area contributed by atoms with Crippen LogP contribution in [0.1, 0.15) is 6.92 Å². The summed E-state index contributed by atoms with van der Waals surface area (Å²) in [6.07, 6.45) is 3.59. The summed E-state index contributed by atoms with van der Waals surface area (Å²) >= 11 is 5.85. The molecule has 2 aromatic rings. The normalized spacial score (nSPS) is 10.3. The van der Waals surface area contributed by atoms with Gasteiger partial charge in [-0.15, -0.1) is 0 Å². The first-order chi connectivity index (χ1) is 7.29. The third-order valence-electron chi connectivity index (χ3n) is 2.02. The minimum atomic E-state index is 0.583. The van der Waals surface area contributed by atoms with Gasteiger partial charge in [-0.3, -0.25) is 0 Å². The number of aryl methyl sites for hydroxylation is 1. The number of benzene rings is 1. The largest absolute Gasteiger partial charge is 0.425 e. The number of nitrogens with zero attached hydrogens (tertiary/aromatic N) is 2. The molecule has 15 heavy (non-hydrogen) atoms. The van der Waals surface area contributed by atoms with Gasteiger partial charge in [0, 0.05) is 24.0 Å². The van der Waals surface area contributed by atoms with Gasteiger partial charge < -0.3 is 9.30 Å². The van der Waals surface area contributed by atoms with E-state index in [-0.39, 0.29) is 0 Å². The molecule has 78 valence electrons. The highest BCUT2D eigenvalue weighted by molar-refractivity contribution is 6.30. The molecule has 1 heterocycles. The molecule has 0 fully saturated rings. The van der Waals surface area contributed by atoms with Crippen molar-refractivity contribution in [1.82, 2.24) is 9.55 Å². The fourth-order valence-corrected chi connectivity index (χ4v) is 1.46. The molecule has 4 heteroatoms. The van der Waals surface area contributed by atoms with E-state index >= 15 is 0 Å². The van der Waals surface area contributed by atoms with Gasteiger partial charge in [0.05, 0.1) is 0 Å². The van der Waals surface area contributed by atoms with Crippen molar-refractivity contribution < 1.29 is 4.74 Å². The van der Waals surface area contributed by atoms with Crippen LogP contribution in [-0.4, -0.2) is 9.55 Å². The van der Waals surface area contributed by atoms with Gasteiger partial charge in [-0.1, -0.05) is 17.7 Å². The summed E-state index contributed by atoms with van der Waals surface area (Å²) in [5, 5.41) is 0.655. The highest BCUT2D eigenvalue weighted by atomic mass is 35.5. The molecule has 0 aliphatic rings. The molecule has 0 amide bonds. The lowest BCUT2D eigenvalue weighted by Crippen LogP contribution is -1.96. The minimum absolute atomic E-state index is 0.583. The summed E-state index contributed by atoms with van der Waals surface area (Å²) in [6, 6.07) is 7.84. The second kappa shape index (κ2) is 4.36. The quantitative estimate of drug-likeness (QED) is 0.797. The monoisotopic (exact) mass is 222 g/mol. The first-order valence-corrected chi connectivity index (χ1v) is 5.12. The molecule has 3 nitrogen and oxygen atoms in total. The van der Waals surface area contributed by atoms with Crippen molar-refractivity contribution in [1.29, 1.82) is 0 Å². The van der Waals surface area contributed by atoms with Crippen LogP contribution in [0.4, 0.5) is 0 Å². The summed E-state index contributed by atoms with van der Waals surface area (Å²) in [4.78, 5) is 4.11. The van der Waals surface area contributed by atoms with Crippen LogP contribution in [0.3, 0.4) is 0 Å². The molecule has 0 atom stereocenters. The summed E-state index contributed by atoms with van der Waals surface area (Å²) in [5.41, 5.74) is 0. The summed E-state index contributed by atoms with van der Waals surface area (Å²) in [6.45, 7) is 2.86. The van der Waals surface area contributed by atoms with Crippen LogP contribution >= 0.6 is 11.6 Å². The first-order valence-electron chi connectivity index (χ1n) is 4.74. The van der Waals surface area contributed by atoms with Crippen LogP contribution in [0.15, 0.2) is 36.7 Å². The number of hydrogen-bond acceptors (Lipinski definition) is 2. The van der Waals surface area contributed by atoms with Gasteiger partial charge in [0.25, 0.3) is 0 Å². The highest BCUT2D eigenvalue weighted by Crippen LogP contribution is 2.22. The van der Waals surface area contributed by atoms with Crippen molar-refractivity contribution in [2.24, 2.45) is 0 Å². The molecule has 0 unspecified atom stereocenters. The molecule has 0 N–H and O–H groups in total. The molecule has 0 saturated carbocycles. The molecule has 0 radical (unpaired) electrons. The van der Waals surface area contributed by atoms with Gasteiger partial charge in [0.2, 0.25) is 0 Å². The van der Waals surface area contributed by atoms with E-state index in [9.17, 15) is 0 Å². The van der Waals surface area contributed by atoms with Crippen LogP contribution in [0.2, 0.25) is 5.02 Å². The van der Waals surface area contributed by atoms with E-state index in [0.29, 0.717) is 16.8 Å². The number of imidazole rings is 1. The Balaban J connectivity index is 2.22. The predicted octanol–water partition coefficient (Wildman–Crippen LogP) is 3.35. The van der Waals surface area contributed by atoms with Gasteiger partial charge in [-0.05, 0) is 25.1 Å². The number of halogens is 1. The number of hydrogen-bond donors (Lipinski definition) is 0. The fourth-order valence-electron chi connectivity index (χ4n) is 1.28. The van der Waals surface area contributed by atoms with Crippen LogP contribution < -0.4 is 4.74 Å². The Hall–Kier alpha value is -1.48. The minimum Gasteiger partial charge on any atom is -0.425 e. The Morgan fingerprint density at radius 2 is 2.33 bits per heavy atom. The van der Waals surface area contributed by atoms with Gasteiger partial charge in [-0.2, -0.15) is 0 Å². The third-order valence-corrected chi connectivity index (χ3v) is 2.26. The van der Waals surface area contributed by atoms with E-state index in [1.54, 1.807) is 18.3 Å². The molecule has 0 saturated heterocycles. The van der Waals surface area contributed by atoms with Gasteiger partial charge in [0.15, 0.2) is 0 Å². The molecule has 0 bridgehead atoms. The van der Waals surface area contributed by atoms with E-state index in [0.717, 1.165) is 6.54 Å². The number of ether oxygens (including phenoxy) is 1. The van der Waals surface area contributed by atoms with E-state index in [4.69, 9.17) is 16.3 Å². The molecule has 0 aliphatic heterocycles. The summed E-state index contributed by atoms with van der Waals surface area (Å²) in [5.74, 6) is 0.698. The molecule has 0 spiro atoms. The Kier molecular flexibility index (Phi) is 2.92. The van der Waals surface area contributed by atoms with Crippen LogP contribution in [-0.2, 0) is 6.54 Å². The average Bonchev–Trinajstić information content (AvgIpc) is 2.65. The zero-order valence-corrected chi connectivity index (χ0v) is 9.11. The van der Waals surface area contributed by atoms with E-state index in [2.05, 4.69) is 4.98 Å². The fraction of sp³-hybridized carbons (Fsp3) is 0.182. The molecule has 1 aromatic carbocycles. The molecule has 2 rings (SSSR count). The van der Waals surface area contributed by atoms with Crippen molar-refractivity contribution in [2.45, 2.75) is 13.5 Å². The summed E-state index contributed by atoms with van der Waals surface area (Å²) < 4.78 is 7.51. The van der Waals surface area contributed by atoms with Crippen LogP contribution in [0.5, 0.6) is 11.8 Å². The Labute approximate surface area is 93.3 Å². The smallest absolute Gasteiger partial charge is 0.301 e. The van der Waals surface area contributed by atoms with E-state index in [1.807, 2.05) is 29.8 Å². The van der Waals surface area contributed by atoms with Gasteiger partial charge >= 0.3 is 6.01 Å². The van der Waals surface area contributed by atoms with Crippen molar-refractivity contribution >= 4 is 11.6 Å². The Bertz CT molecular complexity index is 453. The second-order valence-corrected chi connectivity index (χ2v) is 3.49. The van der Waals surface area contributed by atoms with Crippen LogP contribution in [0, 0.1) is 0 Å². The number of aromatic nitrogens is 2. The molecular weight excluding hydrogens is 212 g/mol. The topological polar surface area (TPSA) is 27.1 Å². The molecule has 0 aliphatic carbocycles. The van der Waals surface area contributed by atoms with Crippen molar-refractivity contribution in [3.8, 4) is 11.8 Å². The standard InChI is InChI=1S/C11H11ClN2O/c1-2-14-7-6-13-11(14)15-10-5-3-4-9(12)8-10/h3-8H,2H2,1H3. The van der Waals surface area contributed by atoms with Crippen LogP contribution in [0.25, 0.3) is 0 Å². The lowest BCUT2D eigenvalue weighted by Gasteiger charge is -2.06. The van der Waals surface area contributed by atoms with E-state index < -0.39 is 0 Å². The van der Waals surface area contributed by atoms with Crippen molar-refractivity contribution in [3.63, 3.8) is 0 Å². The van der Waals surface area contributed by atoms with Gasteiger partial charge in [0.1, 0.15) is 5.75 Å². The van der Waals surface area contributed by atoms with Crippen molar-refractivity contribution in [2.75, 3.05) is 0 Å². The zero-order valence-electron chi connectivity index (χ0n) is 8.35. The SMILES string of the molecule is CCn1ccnc1Oc1cccc(Cl)c1. The maximum Gasteiger partial charge on any atom is 0.301 e. The molecule has 1 aromatic heterocycles. The molecular formula is C11H11ClN2O. The first kappa shape index (κ1) is 10.1. The average molecular weight is 223 g/mol. The van der Waals surface area contributed by atoms with Gasteiger partial charge in [-0.25, -0.2) is 4.98 Å². The lowest BCUT2D eigenvalue weighted by atomic mass is 10.3. The van der Waals surface area contributed by atoms with E-state index in [1.165, 1.54) is 0 Å².